The molecule has 37 heavy (non-hydrogen) atoms. The second-order valence-electron chi connectivity index (χ2n) is 9.73. The summed E-state index contributed by atoms with van der Waals surface area (Å²) >= 11 is 12.3. The number of ketones is 1. The Morgan fingerprint density at radius 3 is 2.35 bits per heavy atom. The number of carbonyl (C=O) groups is 1. The first kappa shape index (κ1) is 25.5. The number of rotatable bonds is 8. The third-order valence-corrected chi connectivity index (χ3v) is 7.11. The van der Waals surface area contributed by atoms with Crippen LogP contribution in [0, 0.1) is 5.92 Å². The molecule has 1 aliphatic carbocycles. The number of nitrogens with one attached hydrogen (secondary N) is 1. The van der Waals surface area contributed by atoms with Gasteiger partial charge in [0.15, 0.2) is 11.5 Å². The monoisotopic (exact) mass is 535 g/mol. The van der Waals surface area contributed by atoms with Gasteiger partial charge in [0.1, 0.15) is 0 Å². The van der Waals surface area contributed by atoms with Crippen molar-refractivity contribution < 1.29 is 15.0 Å². The molecule has 1 heterocycles. The molecular formula is C29H27Cl2N3O3. The van der Waals surface area contributed by atoms with Crippen LogP contribution >= 0.6 is 23.2 Å². The minimum absolute atomic E-state index is 0.0289. The number of halogens is 2. The number of aliphatic hydroxyl groups is 1. The highest BCUT2D eigenvalue weighted by Crippen LogP contribution is 2.40. The second kappa shape index (κ2) is 10.3. The van der Waals surface area contributed by atoms with E-state index in [1.54, 1.807) is 18.3 Å². The number of nitrogens with zero attached hydrogens (tertiary/aromatic N) is 2. The number of likely N-dealkylation sites (N-methyl/N-ethyl adjacent to an activating group) is 1. The predicted molar refractivity (Wildman–Crippen MR) is 149 cm³/mol. The largest absolute Gasteiger partial charge is 0.505 e. The molecule has 0 aliphatic heterocycles. The summed E-state index contributed by atoms with van der Waals surface area (Å²) in [5.74, 6) is -0.0503. The molecule has 3 N–H and O–H groups in total. The standard InChI is InChI=1S/C29H27Cl2N3O3/c1-34(2)15-26(35)16-5-8-20(9-6-16)33-27-21-11-18(19-12-23(30)29(37)24(31)13-19)7-10-25(21)32-14-22(27)28(36)17-3-4-17/h5-14,17,26,35,37H,3-4,15H2,1-2H3,(H,32,33). The fourth-order valence-electron chi connectivity index (χ4n) is 4.38. The number of aromatic nitrogens is 1. The Morgan fingerprint density at radius 1 is 1.05 bits per heavy atom. The van der Waals surface area contributed by atoms with Crippen molar-refractivity contribution in [2.24, 2.45) is 5.92 Å². The third kappa shape index (κ3) is 5.43. The van der Waals surface area contributed by atoms with Gasteiger partial charge < -0.3 is 20.4 Å². The average molecular weight is 536 g/mol. The number of benzene rings is 3. The fourth-order valence-corrected chi connectivity index (χ4v) is 4.86. The van der Waals surface area contributed by atoms with E-state index in [1.807, 2.05) is 61.5 Å². The maximum absolute atomic E-state index is 13.2. The maximum atomic E-state index is 13.2. The first-order valence-electron chi connectivity index (χ1n) is 12.1. The van der Waals surface area contributed by atoms with Gasteiger partial charge in [-0.1, -0.05) is 41.4 Å². The van der Waals surface area contributed by atoms with Crippen molar-refractivity contribution in [1.29, 1.82) is 0 Å². The number of phenols is 1. The molecule has 0 amide bonds. The summed E-state index contributed by atoms with van der Waals surface area (Å²) in [4.78, 5) is 19.7. The molecule has 6 nitrogen and oxygen atoms in total. The Kier molecular flexibility index (Phi) is 7.10. The summed E-state index contributed by atoms with van der Waals surface area (Å²) in [6.07, 6.45) is 2.83. The van der Waals surface area contributed by atoms with Crippen LogP contribution in [0.4, 0.5) is 11.4 Å². The zero-order chi connectivity index (χ0) is 26.3. The van der Waals surface area contributed by atoms with E-state index in [0.717, 1.165) is 46.1 Å². The highest BCUT2D eigenvalue weighted by molar-refractivity contribution is 6.37. The minimum Gasteiger partial charge on any atom is -0.505 e. The molecule has 3 aromatic carbocycles. The zero-order valence-electron chi connectivity index (χ0n) is 20.5. The lowest BCUT2D eigenvalue weighted by Crippen LogP contribution is -2.19. The summed E-state index contributed by atoms with van der Waals surface area (Å²) in [5.41, 5.74) is 5.12. The number of hydrogen-bond acceptors (Lipinski definition) is 6. The quantitative estimate of drug-likeness (QED) is 0.214. The summed E-state index contributed by atoms with van der Waals surface area (Å²) in [7, 11) is 3.83. The number of anilines is 2. The van der Waals surface area contributed by atoms with Crippen LogP contribution in [0.3, 0.4) is 0 Å². The van der Waals surface area contributed by atoms with Crippen molar-refractivity contribution in [2.45, 2.75) is 18.9 Å². The molecule has 1 atom stereocenters. The molecule has 0 spiro atoms. The lowest BCUT2D eigenvalue weighted by molar-refractivity contribution is 0.0968. The van der Waals surface area contributed by atoms with Crippen molar-refractivity contribution in [3.8, 4) is 16.9 Å². The topological polar surface area (TPSA) is 85.7 Å². The number of aromatic hydroxyl groups is 1. The van der Waals surface area contributed by atoms with E-state index in [2.05, 4.69) is 10.3 Å². The number of aliphatic hydroxyl groups excluding tert-OH is 1. The van der Waals surface area contributed by atoms with Gasteiger partial charge in [0, 0.05) is 29.7 Å². The summed E-state index contributed by atoms with van der Waals surface area (Å²) in [6, 6.07) is 16.6. The first-order valence-corrected chi connectivity index (χ1v) is 12.8. The molecule has 1 aromatic heterocycles. The van der Waals surface area contributed by atoms with E-state index in [4.69, 9.17) is 23.2 Å². The average Bonchev–Trinajstić information content (AvgIpc) is 3.72. The van der Waals surface area contributed by atoms with Gasteiger partial charge >= 0.3 is 0 Å². The van der Waals surface area contributed by atoms with E-state index >= 15 is 0 Å². The smallest absolute Gasteiger partial charge is 0.169 e. The number of carbonyl (C=O) groups excluding carboxylic acids is 1. The molecule has 0 bridgehead atoms. The molecule has 4 aromatic rings. The lowest BCUT2D eigenvalue weighted by Gasteiger charge is -2.18. The molecule has 1 aliphatic rings. The fraction of sp³-hybridized carbons (Fsp3) is 0.241. The van der Waals surface area contributed by atoms with E-state index in [0.29, 0.717) is 17.8 Å². The van der Waals surface area contributed by atoms with E-state index < -0.39 is 6.10 Å². The molecule has 1 saturated carbocycles. The number of fused-ring (bicyclic) bond motifs is 1. The Balaban J connectivity index is 1.58. The Hall–Kier alpha value is -3.16. The predicted octanol–water partition coefficient (Wildman–Crippen LogP) is 6.85. The molecule has 1 unspecified atom stereocenters. The van der Waals surface area contributed by atoms with Gasteiger partial charge in [-0.15, -0.1) is 0 Å². The third-order valence-electron chi connectivity index (χ3n) is 6.53. The number of phenolic OH excluding ortho intramolecular Hbond substituents is 1. The molecule has 5 rings (SSSR count). The van der Waals surface area contributed by atoms with Crippen molar-refractivity contribution in [2.75, 3.05) is 26.0 Å². The number of pyridine rings is 1. The van der Waals surface area contributed by atoms with Gasteiger partial charge in [-0.3, -0.25) is 9.78 Å². The van der Waals surface area contributed by atoms with Crippen molar-refractivity contribution in [3.05, 3.63) is 82.0 Å². The molecule has 0 saturated heterocycles. The lowest BCUT2D eigenvalue weighted by atomic mass is 9.98. The molecule has 1 fully saturated rings. The normalized spacial score (nSPS) is 14.2. The van der Waals surface area contributed by atoms with E-state index in [-0.39, 0.29) is 27.5 Å². The Morgan fingerprint density at radius 2 is 1.73 bits per heavy atom. The molecule has 0 radical (unpaired) electrons. The number of Topliss-reactive ketones (excluding diaryl/α,β-unsaturated/α-hetero) is 1. The van der Waals surface area contributed by atoms with Crippen molar-refractivity contribution in [3.63, 3.8) is 0 Å². The summed E-state index contributed by atoms with van der Waals surface area (Å²) < 4.78 is 0. The van der Waals surface area contributed by atoms with Crippen LogP contribution in [0.15, 0.2) is 60.8 Å². The molecule has 8 heteroatoms. The van der Waals surface area contributed by atoms with Crippen LogP contribution < -0.4 is 5.32 Å². The van der Waals surface area contributed by atoms with Gasteiger partial charge in [-0.05, 0) is 80.0 Å². The van der Waals surface area contributed by atoms with Gasteiger partial charge in [-0.2, -0.15) is 0 Å². The summed E-state index contributed by atoms with van der Waals surface area (Å²) in [6.45, 7) is 0.524. The second-order valence-corrected chi connectivity index (χ2v) is 10.5. The van der Waals surface area contributed by atoms with Gasteiger partial charge in [0.05, 0.1) is 32.9 Å². The van der Waals surface area contributed by atoms with Gasteiger partial charge in [-0.25, -0.2) is 0 Å². The Labute approximate surface area is 225 Å². The number of hydrogen-bond donors (Lipinski definition) is 3. The van der Waals surface area contributed by atoms with Crippen LogP contribution in [-0.2, 0) is 0 Å². The zero-order valence-corrected chi connectivity index (χ0v) is 22.0. The van der Waals surface area contributed by atoms with Crippen LogP contribution in [0.1, 0.15) is 34.9 Å². The van der Waals surface area contributed by atoms with Crippen LogP contribution in [0.2, 0.25) is 10.0 Å². The SMILES string of the molecule is CN(C)CC(O)c1ccc(Nc2c(C(=O)C3CC3)cnc3ccc(-c4cc(Cl)c(O)c(Cl)c4)cc23)cc1. The Bertz CT molecular complexity index is 1460. The summed E-state index contributed by atoms with van der Waals surface area (Å²) in [5, 5.41) is 25.0. The minimum atomic E-state index is -0.593. The maximum Gasteiger partial charge on any atom is 0.169 e. The highest BCUT2D eigenvalue weighted by atomic mass is 35.5. The highest BCUT2D eigenvalue weighted by Gasteiger charge is 2.32. The van der Waals surface area contributed by atoms with Crippen LogP contribution in [-0.4, -0.2) is 46.5 Å². The van der Waals surface area contributed by atoms with Crippen LogP contribution in [0.25, 0.3) is 22.0 Å². The van der Waals surface area contributed by atoms with E-state index in [1.165, 1.54) is 0 Å². The van der Waals surface area contributed by atoms with Gasteiger partial charge in [0.25, 0.3) is 0 Å². The van der Waals surface area contributed by atoms with Crippen molar-refractivity contribution in [1.82, 2.24) is 9.88 Å². The first-order chi connectivity index (χ1) is 17.7. The van der Waals surface area contributed by atoms with E-state index in [9.17, 15) is 15.0 Å². The molecular weight excluding hydrogens is 509 g/mol. The van der Waals surface area contributed by atoms with Gasteiger partial charge in [0.2, 0.25) is 0 Å². The van der Waals surface area contributed by atoms with Crippen LogP contribution in [0.5, 0.6) is 5.75 Å². The van der Waals surface area contributed by atoms with Crippen molar-refractivity contribution >= 4 is 51.3 Å². The molecule has 190 valence electrons.